The molecule has 0 fully saturated rings. The smallest absolute Gasteiger partial charge is 0.0471 e. The molecule has 0 radical (unpaired) electrons. The molecule has 96 valence electrons. The van der Waals surface area contributed by atoms with E-state index in [0.29, 0.717) is 0 Å². The van der Waals surface area contributed by atoms with Crippen LogP contribution in [0.15, 0.2) is 25.4 Å². The van der Waals surface area contributed by atoms with E-state index in [4.69, 9.17) is 0 Å². The van der Waals surface area contributed by atoms with Crippen molar-refractivity contribution in [3.8, 4) is 0 Å². The van der Waals surface area contributed by atoms with E-state index in [2.05, 4.69) is 27.0 Å². The number of aryl methyl sites for hydroxylation is 1. The first-order valence-corrected chi connectivity index (χ1v) is 6.61. The largest absolute Gasteiger partial charge is 0.351 e. The van der Waals surface area contributed by atoms with Crippen molar-refractivity contribution in [2.24, 2.45) is 7.05 Å². The van der Waals surface area contributed by atoms with Gasteiger partial charge in [-0.25, -0.2) is 0 Å². The van der Waals surface area contributed by atoms with Crippen LogP contribution in [-0.2, 0) is 7.05 Å². The van der Waals surface area contributed by atoms with Crippen molar-refractivity contribution in [2.45, 2.75) is 46.0 Å². The number of aromatic nitrogens is 1. The number of rotatable bonds is 6. The maximum atomic E-state index is 3.70. The van der Waals surface area contributed by atoms with Gasteiger partial charge in [0.25, 0.3) is 0 Å². The lowest BCUT2D eigenvalue weighted by molar-refractivity contribution is 0.656. The van der Waals surface area contributed by atoms with Crippen molar-refractivity contribution in [1.82, 2.24) is 4.57 Å². The van der Waals surface area contributed by atoms with Gasteiger partial charge in [0, 0.05) is 18.9 Å². The molecule has 0 atom stereocenters. The first-order chi connectivity index (χ1) is 8.21. The summed E-state index contributed by atoms with van der Waals surface area (Å²) in [4.78, 5) is 0. The Balaban J connectivity index is 0.000000325. The van der Waals surface area contributed by atoms with Crippen LogP contribution in [0.4, 0.5) is 0 Å². The molecular weight excluding hydrogens is 206 g/mol. The fraction of sp³-hybridized carbons (Fsp3) is 0.500. The minimum atomic E-state index is 1.12. The number of hydrogen-bond acceptors (Lipinski definition) is 0. The van der Waals surface area contributed by atoms with Crippen LogP contribution in [0.5, 0.6) is 0 Å². The minimum Gasteiger partial charge on any atom is -0.351 e. The van der Waals surface area contributed by atoms with Gasteiger partial charge in [0.2, 0.25) is 0 Å². The van der Waals surface area contributed by atoms with Crippen LogP contribution in [0.1, 0.15) is 57.2 Å². The standard InChI is InChI=1S/C9H11N.C7H16/c1-4-8-6-7-10(3)9(8)5-2;1-3-5-7-6-4-2/h4-7H,1-2H2,3H3;3-7H2,1-2H3. The van der Waals surface area contributed by atoms with Crippen LogP contribution in [0.3, 0.4) is 0 Å². The van der Waals surface area contributed by atoms with Gasteiger partial charge in [0.15, 0.2) is 0 Å². The molecule has 0 aliphatic carbocycles. The second-order valence-corrected chi connectivity index (χ2v) is 4.24. The number of nitrogens with zero attached hydrogens (tertiary/aromatic N) is 1. The Morgan fingerprint density at radius 2 is 1.65 bits per heavy atom. The van der Waals surface area contributed by atoms with E-state index in [1.54, 1.807) is 0 Å². The zero-order chi connectivity index (χ0) is 13.1. The molecule has 0 aliphatic heterocycles. The molecule has 0 saturated heterocycles. The Kier molecular flexibility index (Phi) is 9.22. The molecule has 0 aromatic carbocycles. The van der Waals surface area contributed by atoms with Gasteiger partial charge in [-0.2, -0.15) is 0 Å². The van der Waals surface area contributed by atoms with Gasteiger partial charge in [-0.3, -0.25) is 0 Å². The lowest BCUT2D eigenvalue weighted by atomic mass is 10.2. The molecule has 1 rings (SSSR count). The molecule has 0 aliphatic rings. The van der Waals surface area contributed by atoms with Gasteiger partial charge >= 0.3 is 0 Å². The van der Waals surface area contributed by atoms with E-state index in [0.717, 1.165) is 11.3 Å². The van der Waals surface area contributed by atoms with Crippen LogP contribution in [0, 0.1) is 0 Å². The van der Waals surface area contributed by atoms with E-state index in [1.807, 2.05) is 36.0 Å². The molecule has 1 aromatic rings. The quantitative estimate of drug-likeness (QED) is 0.588. The Morgan fingerprint density at radius 1 is 1.06 bits per heavy atom. The first kappa shape index (κ1) is 15.8. The summed E-state index contributed by atoms with van der Waals surface area (Å²) < 4.78 is 2.02. The normalized spacial score (nSPS) is 9.35. The van der Waals surface area contributed by atoms with Crippen molar-refractivity contribution in [3.05, 3.63) is 36.7 Å². The highest BCUT2D eigenvalue weighted by Gasteiger charge is 1.96. The molecular formula is C16H27N. The number of unbranched alkanes of at least 4 members (excludes halogenated alkanes) is 4. The fourth-order valence-electron chi connectivity index (χ4n) is 1.67. The Hall–Kier alpha value is -1.24. The molecule has 0 N–H and O–H groups in total. The minimum absolute atomic E-state index is 1.12. The van der Waals surface area contributed by atoms with Crippen LogP contribution < -0.4 is 0 Å². The highest BCUT2D eigenvalue weighted by atomic mass is 14.9. The summed E-state index contributed by atoms with van der Waals surface area (Å²) in [6.45, 7) is 11.9. The van der Waals surface area contributed by atoms with Crippen LogP contribution >= 0.6 is 0 Å². The SMILES string of the molecule is C=Cc1ccn(C)c1C=C.CCCCCCC. The summed E-state index contributed by atoms with van der Waals surface area (Å²) in [5, 5.41) is 0. The summed E-state index contributed by atoms with van der Waals surface area (Å²) in [6, 6.07) is 2.02. The molecule has 0 saturated carbocycles. The lowest BCUT2D eigenvalue weighted by Gasteiger charge is -1.96. The zero-order valence-electron chi connectivity index (χ0n) is 11.7. The molecule has 0 bridgehead atoms. The zero-order valence-corrected chi connectivity index (χ0v) is 11.7. The molecule has 0 unspecified atom stereocenters. The molecule has 0 amide bonds. The second kappa shape index (κ2) is 9.95. The van der Waals surface area contributed by atoms with E-state index < -0.39 is 0 Å². The summed E-state index contributed by atoms with van der Waals surface area (Å²) in [5.41, 5.74) is 2.26. The maximum absolute atomic E-state index is 3.70. The van der Waals surface area contributed by atoms with Crippen molar-refractivity contribution in [3.63, 3.8) is 0 Å². The number of hydrogen-bond donors (Lipinski definition) is 0. The summed E-state index contributed by atoms with van der Waals surface area (Å²) in [6.07, 6.45) is 12.7. The summed E-state index contributed by atoms with van der Waals surface area (Å²) in [5.74, 6) is 0. The first-order valence-electron chi connectivity index (χ1n) is 6.61. The van der Waals surface area contributed by atoms with Crippen molar-refractivity contribution in [2.75, 3.05) is 0 Å². The van der Waals surface area contributed by atoms with Gasteiger partial charge in [0.05, 0.1) is 0 Å². The van der Waals surface area contributed by atoms with Crippen molar-refractivity contribution < 1.29 is 0 Å². The predicted molar refractivity (Wildman–Crippen MR) is 80.0 cm³/mol. The molecule has 1 heteroatoms. The van der Waals surface area contributed by atoms with Gasteiger partial charge < -0.3 is 4.57 Å². The van der Waals surface area contributed by atoms with Gasteiger partial charge in [0.1, 0.15) is 0 Å². The summed E-state index contributed by atoms with van der Waals surface area (Å²) >= 11 is 0. The predicted octanol–water partition coefficient (Wildman–Crippen LogP) is 5.29. The molecule has 17 heavy (non-hydrogen) atoms. The van der Waals surface area contributed by atoms with Crippen molar-refractivity contribution >= 4 is 12.2 Å². The maximum Gasteiger partial charge on any atom is 0.0471 e. The third kappa shape index (κ3) is 6.15. The van der Waals surface area contributed by atoms with Crippen LogP contribution in [0.25, 0.3) is 12.2 Å². The fourth-order valence-corrected chi connectivity index (χ4v) is 1.67. The average molecular weight is 233 g/mol. The van der Waals surface area contributed by atoms with Gasteiger partial charge in [-0.05, 0) is 17.7 Å². The van der Waals surface area contributed by atoms with E-state index in [9.17, 15) is 0 Å². The molecule has 1 aromatic heterocycles. The topological polar surface area (TPSA) is 4.93 Å². The highest BCUT2D eigenvalue weighted by Crippen LogP contribution is 2.11. The molecule has 1 nitrogen and oxygen atoms in total. The lowest BCUT2D eigenvalue weighted by Crippen LogP contribution is -1.87. The average Bonchev–Trinajstić information content (AvgIpc) is 2.71. The second-order valence-electron chi connectivity index (χ2n) is 4.24. The van der Waals surface area contributed by atoms with Crippen LogP contribution in [0.2, 0.25) is 0 Å². The Bertz CT molecular complexity index is 316. The summed E-state index contributed by atoms with van der Waals surface area (Å²) in [7, 11) is 1.99. The van der Waals surface area contributed by atoms with Gasteiger partial charge in [-0.15, -0.1) is 0 Å². The monoisotopic (exact) mass is 233 g/mol. The molecule has 0 spiro atoms. The van der Waals surface area contributed by atoms with Crippen LogP contribution in [-0.4, -0.2) is 4.57 Å². The Morgan fingerprint density at radius 3 is 2.00 bits per heavy atom. The molecule has 1 heterocycles. The Labute approximate surface area is 107 Å². The highest BCUT2D eigenvalue weighted by molar-refractivity contribution is 5.61. The third-order valence-electron chi connectivity index (χ3n) is 2.77. The van der Waals surface area contributed by atoms with E-state index in [1.165, 1.54) is 32.1 Å². The van der Waals surface area contributed by atoms with Crippen molar-refractivity contribution in [1.29, 1.82) is 0 Å². The third-order valence-corrected chi connectivity index (χ3v) is 2.77. The van der Waals surface area contributed by atoms with E-state index >= 15 is 0 Å². The van der Waals surface area contributed by atoms with Gasteiger partial charge in [-0.1, -0.05) is 65.2 Å². The van der Waals surface area contributed by atoms with E-state index in [-0.39, 0.29) is 0 Å².